The van der Waals surface area contributed by atoms with Crippen molar-refractivity contribution in [1.82, 2.24) is 5.43 Å². The molecular formula is C19H21N3O4. The van der Waals surface area contributed by atoms with Crippen LogP contribution in [0.5, 0.6) is 5.75 Å². The van der Waals surface area contributed by atoms with Crippen molar-refractivity contribution >= 4 is 17.8 Å². The fourth-order valence-electron chi connectivity index (χ4n) is 2.28. The Bertz CT molecular complexity index is 837. The van der Waals surface area contributed by atoms with Crippen molar-refractivity contribution in [1.29, 1.82) is 0 Å². The van der Waals surface area contributed by atoms with E-state index in [1.54, 1.807) is 18.2 Å². The van der Waals surface area contributed by atoms with Crippen LogP contribution in [0.4, 0.5) is 5.69 Å². The van der Waals surface area contributed by atoms with Crippen molar-refractivity contribution in [2.24, 2.45) is 5.10 Å². The summed E-state index contributed by atoms with van der Waals surface area (Å²) in [5.74, 6) is -0.195. The standard InChI is InChI=1S/C19H21N3O4/c1-19(2,3)15-8-6-14(7-9-15)18(23)21-20-12-13-5-10-17(26-4)16(11-13)22(24)25/h5-12H,1-4H3,(H,21,23)/b20-12-. The number of hydrogen-bond donors (Lipinski definition) is 1. The van der Waals surface area contributed by atoms with Crippen LogP contribution in [-0.2, 0) is 5.41 Å². The summed E-state index contributed by atoms with van der Waals surface area (Å²) in [6, 6.07) is 11.7. The number of hydrogen-bond acceptors (Lipinski definition) is 5. The van der Waals surface area contributed by atoms with Gasteiger partial charge < -0.3 is 4.74 Å². The highest BCUT2D eigenvalue weighted by Gasteiger charge is 2.15. The molecule has 0 radical (unpaired) electrons. The van der Waals surface area contributed by atoms with E-state index in [0.29, 0.717) is 11.1 Å². The molecule has 7 heteroatoms. The summed E-state index contributed by atoms with van der Waals surface area (Å²) < 4.78 is 4.94. The monoisotopic (exact) mass is 355 g/mol. The van der Waals surface area contributed by atoms with E-state index in [-0.39, 0.29) is 22.8 Å². The Labute approximate surface area is 151 Å². The van der Waals surface area contributed by atoms with E-state index >= 15 is 0 Å². The Morgan fingerprint density at radius 3 is 2.38 bits per heavy atom. The molecule has 2 rings (SSSR count). The second-order valence-electron chi connectivity index (χ2n) is 6.71. The minimum atomic E-state index is -0.536. The molecule has 0 aromatic heterocycles. The van der Waals surface area contributed by atoms with E-state index < -0.39 is 4.92 Å². The fraction of sp³-hybridized carbons (Fsp3) is 0.263. The lowest BCUT2D eigenvalue weighted by Crippen LogP contribution is -2.18. The zero-order valence-corrected chi connectivity index (χ0v) is 15.1. The molecule has 26 heavy (non-hydrogen) atoms. The minimum Gasteiger partial charge on any atom is -0.490 e. The third-order valence-corrected chi connectivity index (χ3v) is 3.79. The number of carbonyl (C=O) groups is 1. The lowest BCUT2D eigenvalue weighted by Gasteiger charge is -2.18. The normalized spacial score (nSPS) is 11.4. The third kappa shape index (κ3) is 4.66. The molecule has 1 N–H and O–H groups in total. The molecule has 1 amide bonds. The molecule has 2 aromatic rings. The van der Waals surface area contributed by atoms with Gasteiger partial charge in [-0.2, -0.15) is 5.10 Å². The topological polar surface area (TPSA) is 93.8 Å². The van der Waals surface area contributed by atoms with Crippen LogP contribution in [0.25, 0.3) is 0 Å². The maximum atomic E-state index is 12.1. The molecule has 0 aliphatic rings. The van der Waals surface area contributed by atoms with Gasteiger partial charge in [0.1, 0.15) is 0 Å². The predicted octanol–water partition coefficient (Wildman–Crippen LogP) is 3.66. The van der Waals surface area contributed by atoms with Crippen LogP contribution in [0.15, 0.2) is 47.6 Å². The lowest BCUT2D eigenvalue weighted by molar-refractivity contribution is -0.385. The first-order chi connectivity index (χ1) is 12.2. The Morgan fingerprint density at radius 1 is 1.19 bits per heavy atom. The average molecular weight is 355 g/mol. The molecule has 0 aliphatic heterocycles. The summed E-state index contributed by atoms with van der Waals surface area (Å²) in [5, 5.41) is 14.9. The van der Waals surface area contributed by atoms with Gasteiger partial charge in [0, 0.05) is 17.2 Å². The van der Waals surface area contributed by atoms with Crippen molar-refractivity contribution < 1.29 is 14.5 Å². The molecule has 0 unspecified atom stereocenters. The number of carbonyl (C=O) groups excluding carboxylic acids is 1. The van der Waals surface area contributed by atoms with Gasteiger partial charge in [0.05, 0.1) is 18.2 Å². The lowest BCUT2D eigenvalue weighted by atomic mass is 9.87. The van der Waals surface area contributed by atoms with Crippen LogP contribution in [-0.4, -0.2) is 24.2 Å². The molecule has 0 heterocycles. The van der Waals surface area contributed by atoms with Gasteiger partial charge in [-0.25, -0.2) is 5.43 Å². The Hall–Kier alpha value is -3.22. The summed E-state index contributed by atoms with van der Waals surface area (Å²) in [5.41, 5.74) is 4.34. The van der Waals surface area contributed by atoms with E-state index in [9.17, 15) is 14.9 Å². The van der Waals surface area contributed by atoms with Crippen LogP contribution in [0.2, 0.25) is 0 Å². The summed E-state index contributed by atoms with van der Waals surface area (Å²) in [7, 11) is 1.36. The van der Waals surface area contributed by atoms with Gasteiger partial charge in [-0.05, 0) is 35.2 Å². The summed E-state index contributed by atoms with van der Waals surface area (Å²) >= 11 is 0. The number of nitro benzene ring substituents is 1. The fourth-order valence-corrected chi connectivity index (χ4v) is 2.28. The van der Waals surface area contributed by atoms with Crippen LogP contribution in [0.1, 0.15) is 42.3 Å². The number of rotatable bonds is 5. The zero-order chi connectivity index (χ0) is 19.3. The summed E-state index contributed by atoms with van der Waals surface area (Å²) in [6.45, 7) is 6.29. The van der Waals surface area contributed by atoms with Crippen LogP contribution >= 0.6 is 0 Å². The summed E-state index contributed by atoms with van der Waals surface area (Å²) in [4.78, 5) is 22.6. The number of hydrazone groups is 1. The van der Waals surface area contributed by atoms with Crippen molar-refractivity contribution in [3.63, 3.8) is 0 Å². The molecule has 0 saturated heterocycles. The number of benzene rings is 2. The SMILES string of the molecule is COc1ccc(/C=N\NC(=O)c2ccc(C(C)(C)C)cc2)cc1[N+](=O)[O-]. The third-order valence-electron chi connectivity index (χ3n) is 3.79. The molecule has 0 saturated carbocycles. The molecule has 0 fully saturated rings. The van der Waals surface area contributed by atoms with E-state index in [1.807, 2.05) is 12.1 Å². The Kier molecular flexibility index (Phi) is 5.71. The maximum absolute atomic E-state index is 12.1. The predicted molar refractivity (Wildman–Crippen MR) is 99.9 cm³/mol. The van der Waals surface area contributed by atoms with Crippen LogP contribution < -0.4 is 10.2 Å². The van der Waals surface area contributed by atoms with Gasteiger partial charge >= 0.3 is 5.69 Å². The molecular weight excluding hydrogens is 334 g/mol. The molecule has 0 bridgehead atoms. The molecule has 0 atom stereocenters. The molecule has 7 nitrogen and oxygen atoms in total. The first kappa shape index (κ1) is 19.1. The number of nitro groups is 1. The van der Waals surface area contributed by atoms with Crippen molar-refractivity contribution in [3.05, 3.63) is 69.3 Å². The van der Waals surface area contributed by atoms with Crippen molar-refractivity contribution in [2.45, 2.75) is 26.2 Å². The summed E-state index contributed by atoms with van der Waals surface area (Å²) in [6.07, 6.45) is 1.34. The highest BCUT2D eigenvalue weighted by atomic mass is 16.6. The maximum Gasteiger partial charge on any atom is 0.311 e. The van der Waals surface area contributed by atoms with Gasteiger partial charge in [-0.3, -0.25) is 14.9 Å². The van der Waals surface area contributed by atoms with E-state index in [1.165, 1.54) is 25.5 Å². The Balaban J connectivity index is 2.07. The number of amides is 1. The highest BCUT2D eigenvalue weighted by molar-refractivity contribution is 5.95. The van der Waals surface area contributed by atoms with Gasteiger partial charge in [0.2, 0.25) is 0 Å². The van der Waals surface area contributed by atoms with Crippen LogP contribution in [0.3, 0.4) is 0 Å². The quantitative estimate of drug-likeness (QED) is 0.503. The number of methoxy groups -OCH3 is 1. The minimum absolute atomic E-state index is 0.0102. The molecule has 0 aliphatic carbocycles. The van der Waals surface area contributed by atoms with Gasteiger partial charge in [0.15, 0.2) is 5.75 Å². The van der Waals surface area contributed by atoms with Crippen LogP contribution in [0, 0.1) is 10.1 Å². The van der Waals surface area contributed by atoms with Gasteiger partial charge in [-0.15, -0.1) is 0 Å². The smallest absolute Gasteiger partial charge is 0.311 e. The zero-order valence-electron chi connectivity index (χ0n) is 15.1. The second-order valence-corrected chi connectivity index (χ2v) is 6.71. The second kappa shape index (κ2) is 7.77. The van der Waals surface area contributed by atoms with E-state index in [0.717, 1.165) is 5.56 Å². The van der Waals surface area contributed by atoms with Gasteiger partial charge in [0.25, 0.3) is 5.91 Å². The van der Waals surface area contributed by atoms with Crippen molar-refractivity contribution in [2.75, 3.05) is 7.11 Å². The Morgan fingerprint density at radius 2 is 1.85 bits per heavy atom. The van der Waals surface area contributed by atoms with Crippen molar-refractivity contribution in [3.8, 4) is 5.75 Å². The average Bonchev–Trinajstić information content (AvgIpc) is 2.60. The molecule has 136 valence electrons. The number of nitrogens with one attached hydrogen (secondary N) is 1. The first-order valence-electron chi connectivity index (χ1n) is 7.99. The molecule has 0 spiro atoms. The first-order valence-corrected chi connectivity index (χ1v) is 7.99. The number of nitrogens with zero attached hydrogens (tertiary/aromatic N) is 2. The van der Waals surface area contributed by atoms with E-state index in [2.05, 4.69) is 31.3 Å². The molecule has 2 aromatic carbocycles. The largest absolute Gasteiger partial charge is 0.490 e. The van der Waals surface area contributed by atoms with Gasteiger partial charge in [-0.1, -0.05) is 32.9 Å². The highest BCUT2D eigenvalue weighted by Crippen LogP contribution is 2.26. The number of ether oxygens (including phenoxy) is 1. The van der Waals surface area contributed by atoms with E-state index in [4.69, 9.17) is 4.74 Å².